The Morgan fingerprint density at radius 3 is 2.44 bits per heavy atom. The molecule has 0 saturated carbocycles. The van der Waals surface area contributed by atoms with Crippen LogP contribution in [0.2, 0.25) is 0 Å². The summed E-state index contributed by atoms with van der Waals surface area (Å²) in [6.07, 6.45) is 0.783. The van der Waals surface area contributed by atoms with Crippen molar-refractivity contribution in [1.29, 1.82) is 0 Å². The zero-order valence-corrected chi connectivity index (χ0v) is 13.7. The van der Waals surface area contributed by atoms with Crippen LogP contribution < -0.4 is 4.72 Å². The van der Waals surface area contributed by atoms with Gasteiger partial charge in [-0.25, -0.2) is 13.1 Å². The van der Waals surface area contributed by atoms with E-state index in [2.05, 4.69) is 20.7 Å². The summed E-state index contributed by atoms with van der Waals surface area (Å²) in [5.74, 6) is 0.162. The van der Waals surface area contributed by atoms with Gasteiger partial charge in [0.1, 0.15) is 0 Å². The number of halogens is 1. The normalized spacial score (nSPS) is 12.1. The molecule has 0 heterocycles. The maximum atomic E-state index is 12.3. The van der Waals surface area contributed by atoms with E-state index in [1.807, 2.05) is 33.8 Å². The van der Waals surface area contributed by atoms with Crippen molar-refractivity contribution in [2.24, 2.45) is 0 Å². The topological polar surface area (TPSA) is 46.2 Å². The molecule has 0 radical (unpaired) electrons. The molecular formula is C13H20BrNO2S. The lowest BCUT2D eigenvalue weighted by Crippen LogP contribution is -2.25. The molecule has 0 unspecified atom stereocenters. The van der Waals surface area contributed by atoms with Gasteiger partial charge in [0.05, 0.1) is 4.90 Å². The van der Waals surface area contributed by atoms with Crippen molar-refractivity contribution in [3.05, 3.63) is 27.7 Å². The number of hydrogen-bond acceptors (Lipinski definition) is 2. The number of benzene rings is 1. The molecule has 1 aromatic carbocycles. The van der Waals surface area contributed by atoms with Crippen LogP contribution >= 0.6 is 15.9 Å². The van der Waals surface area contributed by atoms with Gasteiger partial charge in [-0.15, -0.1) is 0 Å². The van der Waals surface area contributed by atoms with Crippen molar-refractivity contribution in [2.75, 3.05) is 6.54 Å². The predicted molar refractivity (Wildman–Crippen MR) is 78.4 cm³/mol. The van der Waals surface area contributed by atoms with Gasteiger partial charge in [-0.1, -0.05) is 36.7 Å². The van der Waals surface area contributed by atoms with Gasteiger partial charge in [0.25, 0.3) is 0 Å². The quantitative estimate of drug-likeness (QED) is 0.895. The average molecular weight is 334 g/mol. The van der Waals surface area contributed by atoms with Crippen molar-refractivity contribution in [2.45, 2.75) is 44.9 Å². The van der Waals surface area contributed by atoms with Crippen LogP contribution in [-0.4, -0.2) is 15.0 Å². The molecule has 1 N–H and O–H groups in total. The summed E-state index contributed by atoms with van der Waals surface area (Å²) >= 11 is 3.45. The van der Waals surface area contributed by atoms with E-state index in [4.69, 9.17) is 0 Å². The Morgan fingerprint density at radius 1 is 1.33 bits per heavy atom. The van der Waals surface area contributed by atoms with Crippen LogP contribution in [-0.2, 0) is 10.0 Å². The first kappa shape index (κ1) is 15.7. The first-order chi connectivity index (χ1) is 8.29. The highest BCUT2D eigenvalue weighted by Gasteiger charge is 2.20. The fourth-order valence-electron chi connectivity index (χ4n) is 1.67. The van der Waals surface area contributed by atoms with E-state index in [0.29, 0.717) is 11.4 Å². The molecule has 3 nitrogen and oxygen atoms in total. The van der Waals surface area contributed by atoms with Gasteiger partial charge in [-0.3, -0.25) is 0 Å². The van der Waals surface area contributed by atoms with Gasteiger partial charge >= 0.3 is 0 Å². The molecule has 0 atom stereocenters. The maximum Gasteiger partial charge on any atom is 0.240 e. The molecule has 5 heteroatoms. The second kappa shape index (κ2) is 6.17. The first-order valence-electron chi connectivity index (χ1n) is 6.09. The summed E-state index contributed by atoms with van der Waals surface area (Å²) in [5.41, 5.74) is 1.77. The van der Waals surface area contributed by atoms with Crippen LogP contribution in [0.5, 0.6) is 0 Å². The second-order valence-electron chi connectivity index (χ2n) is 4.69. The van der Waals surface area contributed by atoms with E-state index in [9.17, 15) is 8.42 Å². The van der Waals surface area contributed by atoms with Crippen LogP contribution in [0.1, 0.15) is 44.2 Å². The molecule has 0 fully saturated rings. The Bertz CT molecular complexity index is 524. The Morgan fingerprint density at radius 2 is 1.94 bits per heavy atom. The fraction of sp³-hybridized carbons (Fsp3) is 0.538. The van der Waals surface area contributed by atoms with E-state index in [-0.39, 0.29) is 5.92 Å². The van der Waals surface area contributed by atoms with Crippen molar-refractivity contribution in [3.63, 3.8) is 0 Å². The summed E-state index contributed by atoms with van der Waals surface area (Å²) in [6.45, 7) is 8.30. The average Bonchev–Trinajstić information content (AvgIpc) is 2.29. The second-order valence-corrected chi connectivity index (χ2v) is 7.28. The summed E-state index contributed by atoms with van der Waals surface area (Å²) in [4.78, 5) is 0.395. The molecule has 0 amide bonds. The third-order valence-corrected chi connectivity index (χ3v) is 5.12. The zero-order chi connectivity index (χ0) is 13.9. The van der Waals surface area contributed by atoms with Crippen molar-refractivity contribution in [1.82, 2.24) is 4.72 Å². The molecule has 0 aliphatic rings. The van der Waals surface area contributed by atoms with Gasteiger partial charge < -0.3 is 0 Å². The minimum absolute atomic E-state index is 0.162. The molecule has 102 valence electrons. The summed E-state index contributed by atoms with van der Waals surface area (Å²) in [6, 6.07) is 3.64. The van der Waals surface area contributed by atoms with Crippen molar-refractivity contribution >= 4 is 26.0 Å². The van der Waals surface area contributed by atoms with Gasteiger partial charge in [-0.05, 0) is 42.5 Å². The van der Waals surface area contributed by atoms with Crippen LogP contribution in [0.4, 0.5) is 0 Å². The van der Waals surface area contributed by atoms with Crippen LogP contribution in [0, 0.1) is 6.92 Å². The number of aryl methyl sites for hydroxylation is 1. The summed E-state index contributed by atoms with van der Waals surface area (Å²) in [7, 11) is -3.41. The van der Waals surface area contributed by atoms with Gasteiger partial charge in [0.15, 0.2) is 0 Å². The molecule has 0 aromatic heterocycles. The van der Waals surface area contributed by atoms with E-state index < -0.39 is 10.0 Å². The molecule has 0 aliphatic carbocycles. The SMILES string of the molecule is CCCNS(=O)(=O)c1cc(C)c(Br)cc1C(C)C. The van der Waals surface area contributed by atoms with Gasteiger partial charge in [0, 0.05) is 11.0 Å². The monoisotopic (exact) mass is 333 g/mol. The predicted octanol–water partition coefficient (Wildman–Crippen LogP) is 3.57. The highest BCUT2D eigenvalue weighted by molar-refractivity contribution is 9.10. The van der Waals surface area contributed by atoms with Crippen LogP contribution in [0.15, 0.2) is 21.5 Å². The Labute approximate surface area is 118 Å². The van der Waals surface area contributed by atoms with Crippen molar-refractivity contribution in [3.8, 4) is 0 Å². The lowest BCUT2D eigenvalue weighted by Gasteiger charge is -2.15. The lowest BCUT2D eigenvalue weighted by atomic mass is 10.0. The standard InChI is InChI=1S/C13H20BrNO2S/c1-5-6-15-18(16,17)13-7-10(4)12(14)8-11(13)9(2)3/h7-9,15H,5-6H2,1-4H3. The minimum atomic E-state index is -3.41. The first-order valence-corrected chi connectivity index (χ1v) is 8.37. The Kier molecular flexibility index (Phi) is 5.37. The van der Waals surface area contributed by atoms with Gasteiger partial charge in [0.2, 0.25) is 10.0 Å². The zero-order valence-electron chi connectivity index (χ0n) is 11.2. The van der Waals surface area contributed by atoms with E-state index in [0.717, 1.165) is 22.0 Å². The Balaban J connectivity index is 3.34. The van der Waals surface area contributed by atoms with E-state index in [1.165, 1.54) is 0 Å². The molecule has 0 saturated heterocycles. The third kappa shape index (κ3) is 3.56. The molecule has 18 heavy (non-hydrogen) atoms. The maximum absolute atomic E-state index is 12.3. The number of rotatable bonds is 5. The highest BCUT2D eigenvalue weighted by Crippen LogP contribution is 2.29. The Hall–Kier alpha value is -0.390. The number of nitrogens with one attached hydrogen (secondary N) is 1. The lowest BCUT2D eigenvalue weighted by molar-refractivity contribution is 0.578. The van der Waals surface area contributed by atoms with E-state index >= 15 is 0 Å². The molecule has 0 aliphatic heterocycles. The summed E-state index contributed by atoms with van der Waals surface area (Å²) in [5, 5.41) is 0. The number of hydrogen-bond donors (Lipinski definition) is 1. The third-order valence-electron chi connectivity index (χ3n) is 2.74. The van der Waals surface area contributed by atoms with Crippen LogP contribution in [0.3, 0.4) is 0 Å². The molecular weight excluding hydrogens is 314 g/mol. The molecule has 1 rings (SSSR count). The molecule has 1 aromatic rings. The minimum Gasteiger partial charge on any atom is -0.211 e. The fourth-order valence-corrected chi connectivity index (χ4v) is 3.59. The van der Waals surface area contributed by atoms with Crippen molar-refractivity contribution < 1.29 is 8.42 Å². The number of sulfonamides is 1. The molecule has 0 spiro atoms. The van der Waals surface area contributed by atoms with Gasteiger partial charge in [-0.2, -0.15) is 0 Å². The highest BCUT2D eigenvalue weighted by atomic mass is 79.9. The van der Waals surface area contributed by atoms with Crippen LogP contribution in [0.25, 0.3) is 0 Å². The largest absolute Gasteiger partial charge is 0.240 e. The smallest absolute Gasteiger partial charge is 0.211 e. The molecule has 0 bridgehead atoms. The van der Waals surface area contributed by atoms with E-state index in [1.54, 1.807) is 6.07 Å². The summed E-state index contributed by atoms with van der Waals surface area (Å²) < 4.78 is 28.1.